The zero-order valence-electron chi connectivity index (χ0n) is 11.6. The molecule has 0 aliphatic carbocycles. The summed E-state index contributed by atoms with van der Waals surface area (Å²) >= 11 is 0. The molecule has 21 heavy (non-hydrogen) atoms. The van der Waals surface area contributed by atoms with E-state index in [4.69, 9.17) is 4.74 Å². The molecule has 2 aliphatic heterocycles. The first-order chi connectivity index (χ1) is 10.0. The van der Waals surface area contributed by atoms with Crippen LogP contribution in [0.25, 0.3) is 0 Å². The molecule has 2 heterocycles. The topological polar surface area (TPSA) is 75.7 Å². The van der Waals surface area contributed by atoms with Crippen LogP contribution >= 0.6 is 0 Å². The van der Waals surface area contributed by atoms with Crippen molar-refractivity contribution in [3.05, 3.63) is 35.9 Å². The molecule has 0 saturated carbocycles. The van der Waals surface area contributed by atoms with Gasteiger partial charge in [-0.15, -0.1) is 0 Å². The minimum Gasteiger partial charge on any atom is -0.378 e. The number of fused-ring (bicyclic) bond motifs is 3. The van der Waals surface area contributed by atoms with Gasteiger partial charge in [0.05, 0.1) is 30.9 Å². The van der Waals surface area contributed by atoms with Gasteiger partial charge in [0.1, 0.15) is 0 Å². The second kappa shape index (κ2) is 5.75. The van der Waals surface area contributed by atoms with Crippen molar-refractivity contribution in [2.75, 3.05) is 26.3 Å². The number of hydrogen-bond acceptors (Lipinski definition) is 4. The van der Waals surface area contributed by atoms with Crippen LogP contribution in [-0.4, -0.2) is 51.0 Å². The average molecular weight is 310 g/mol. The number of hydrogen-bond donors (Lipinski definition) is 1. The first-order valence-electron chi connectivity index (χ1n) is 6.94. The highest BCUT2D eigenvalue weighted by Crippen LogP contribution is 2.19. The molecule has 2 aliphatic rings. The molecule has 0 unspecified atom stereocenters. The van der Waals surface area contributed by atoms with Gasteiger partial charge < -0.3 is 10.1 Å². The third kappa shape index (κ3) is 3.25. The van der Waals surface area contributed by atoms with E-state index in [2.05, 4.69) is 5.32 Å². The molecule has 114 valence electrons. The first kappa shape index (κ1) is 14.5. The summed E-state index contributed by atoms with van der Waals surface area (Å²) in [4.78, 5) is 11.9. The minimum atomic E-state index is -3.44. The maximum atomic E-state index is 12.6. The fraction of sp³-hybridized carbons (Fsp3) is 0.500. The second-order valence-corrected chi connectivity index (χ2v) is 7.47. The number of nitrogens with zero attached hydrogens (tertiary/aromatic N) is 1. The maximum Gasteiger partial charge on any atom is 0.227 e. The summed E-state index contributed by atoms with van der Waals surface area (Å²) in [5.74, 6) is -0.583. The van der Waals surface area contributed by atoms with Gasteiger partial charge in [0, 0.05) is 13.1 Å². The van der Waals surface area contributed by atoms with Crippen LogP contribution in [0.15, 0.2) is 30.3 Å². The van der Waals surface area contributed by atoms with Gasteiger partial charge in [-0.3, -0.25) is 4.79 Å². The number of sulfonamides is 1. The van der Waals surface area contributed by atoms with Crippen molar-refractivity contribution in [2.45, 2.75) is 11.8 Å². The fourth-order valence-corrected chi connectivity index (χ4v) is 4.30. The lowest BCUT2D eigenvalue weighted by Gasteiger charge is -2.26. The molecule has 3 rings (SSSR count). The van der Waals surface area contributed by atoms with Gasteiger partial charge in [-0.25, -0.2) is 8.42 Å². The van der Waals surface area contributed by atoms with Gasteiger partial charge in [0.15, 0.2) is 0 Å². The monoisotopic (exact) mass is 310 g/mol. The molecule has 0 radical (unpaired) electrons. The number of ether oxygens (including phenoxy) is 1. The summed E-state index contributed by atoms with van der Waals surface area (Å²) in [7, 11) is -3.44. The van der Waals surface area contributed by atoms with Crippen molar-refractivity contribution in [1.82, 2.24) is 9.62 Å². The lowest BCUT2D eigenvalue weighted by Crippen LogP contribution is -2.44. The molecule has 7 heteroatoms. The van der Waals surface area contributed by atoms with Gasteiger partial charge in [-0.1, -0.05) is 30.3 Å². The summed E-state index contributed by atoms with van der Waals surface area (Å²) in [6.07, 6.45) is 0. The molecule has 2 saturated heterocycles. The third-order valence-electron chi connectivity index (χ3n) is 3.79. The van der Waals surface area contributed by atoms with E-state index in [1.54, 1.807) is 12.1 Å². The van der Waals surface area contributed by atoms with Gasteiger partial charge in [0.2, 0.25) is 15.9 Å². The normalized spacial score (nSPS) is 27.0. The Morgan fingerprint density at radius 1 is 1.19 bits per heavy atom. The van der Waals surface area contributed by atoms with E-state index < -0.39 is 15.9 Å². The van der Waals surface area contributed by atoms with Crippen molar-refractivity contribution >= 4 is 15.9 Å². The molecule has 1 aromatic rings. The Balaban J connectivity index is 1.80. The Morgan fingerprint density at radius 3 is 2.71 bits per heavy atom. The Morgan fingerprint density at radius 2 is 1.95 bits per heavy atom. The fourth-order valence-electron chi connectivity index (χ4n) is 2.69. The zero-order valence-corrected chi connectivity index (χ0v) is 12.4. The highest BCUT2D eigenvalue weighted by atomic mass is 32.2. The van der Waals surface area contributed by atoms with Crippen LogP contribution in [0.2, 0.25) is 0 Å². The smallest absolute Gasteiger partial charge is 0.227 e. The summed E-state index contributed by atoms with van der Waals surface area (Å²) in [6, 6.07) is 8.81. The van der Waals surface area contributed by atoms with Gasteiger partial charge in [0.25, 0.3) is 0 Å². The largest absolute Gasteiger partial charge is 0.378 e. The van der Waals surface area contributed by atoms with E-state index in [1.807, 2.05) is 18.2 Å². The van der Waals surface area contributed by atoms with Gasteiger partial charge in [-0.05, 0) is 5.56 Å². The highest BCUT2D eigenvalue weighted by Gasteiger charge is 2.37. The predicted molar refractivity (Wildman–Crippen MR) is 76.9 cm³/mol. The van der Waals surface area contributed by atoms with Crippen LogP contribution in [0, 0.1) is 5.92 Å². The van der Waals surface area contributed by atoms with Crippen LogP contribution in [-0.2, 0) is 25.3 Å². The summed E-state index contributed by atoms with van der Waals surface area (Å²) in [5.41, 5.74) is 0.752. The molecular weight excluding hydrogens is 292 g/mol. The molecule has 6 nitrogen and oxygen atoms in total. The predicted octanol–water partition coefficient (Wildman–Crippen LogP) is -0.0368. The number of amides is 1. The van der Waals surface area contributed by atoms with Crippen molar-refractivity contribution < 1.29 is 17.9 Å². The van der Waals surface area contributed by atoms with E-state index in [1.165, 1.54) is 4.31 Å². The molecule has 1 N–H and O–H groups in total. The number of carbonyl (C=O) groups excluding carboxylic acids is 1. The lowest BCUT2D eigenvalue weighted by molar-refractivity contribution is -0.125. The van der Waals surface area contributed by atoms with E-state index in [0.717, 1.165) is 5.56 Å². The van der Waals surface area contributed by atoms with Crippen LogP contribution in [0.3, 0.4) is 0 Å². The molecular formula is C14H18N2O4S. The van der Waals surface area contributed by atoms with Crippen LogP contribution in [0.1, 0.15) is 5.56 Å². The standard InChI is InChI=1S/C14H18N2O4S/c17-14-12-6-16(7-13(15-14)9-20-8-12)21(18,19)10-11-4-2-1-3-5-11/h1-5,12-13H,6-10H2,(H,15,17)/t12-,13+/m1/s1. The molecule has 1 amide bonds. The summed E-state index contributed by atoms with van der Waals surface area (Å²) in [6.45, 7) is 1.11. The van der Waals surface area contributed by atoms with E-state index in [0.29, 0.717) is 6.61 Å². The molecule has 1 aromatic carbocycles. The van der Waals surface area contributed by atoms with E-state index >= 15 is 0 Å². The van der Waals surface area contributed by atoms with E-state index in [9.17, 15) is 13.2 Å². The Kier molecular flexibility index (Phi) is 3.97. The Hall–Kier alpha value is -1.44. The molecule has 2 bridgehead atoms. The second-order valence-electron chi connectivity index (χ2n) is 5.50. The Bertz CT molecular complexity index is 617. The van der Waals surface area contributed by atoms with Crippen LogP contribution in [0.4, 0.5) is 0 Å². The van der Waals surface area contributed by atoms with Crippen molar-refractivity contribution in [3.63, 3.8) is 0 Å². The van der Waals surface area contributed by atoms with Crippen LogP contribution in [0.5, 0.6) is 0 Å². The number of carbonyl (C=O) groups is 1. The average Bonchev–Trinajstić information content (AvgIpc) is 2.68. The lowest BCUT2D eigenvalue weighted by atomic mass is 10.1. The number of rotatable bonds is 3. The highest BCUT2D eigenvalue weighted by molar-refractivity contribution is 7.88. The Labute approximate surface area is 124 Å². The summed E-state index contributed by atoms with van der Waals surface area (Å²) < 4.78 is 32.0. The van der Waals surface area contributed by atoms with E-state index in [-0.39, 0.29) is 37.4 Å². The number of nitrogens with one attached hydrogen (secondary N) is 1. The molecule has 2 fully saturated rings. The van der Waals surface area contributed by atoms with Crippen molar-refractivity contribution in [3.8, 4) is 0 Å². The molecule has 0 aromatic heterocycles. The maximum absolute atomic E-state index is 12.6. The third-order valence-corrected chi connectivity index (χ3v) is 5.57. The minimum absolute atomic E-state index is 0.0394. The first-order valence-corrected chi connectivity index (χ1v) is 8.55. The van der Waals surface area contributed by atoms with Crippen molar-refractivity contribution in [2.24, 2.45) is 5.92 Å². The van der Waals surface area contributed by atoms with Gasteiger partial charge >= 0.3 is 0 Å². The quantitative estimate of drug-likeness (QED) is 0.850. The zero-order chi connectivity index (χ0) is 14.9. The molecule has 2 atom stereocenters. The molecule has 0 spiro atoms. The summed E-state index contributed by atoms with van der Waals surface area (Å²) in [5, 5.41) is 2.84. The van der Waals surface area contributed by atoms with Crippen molar-refractivity contribution in [1.29, 1.82) is 0 Å². The van der Waals surface area contributed by atoms with Crippen LogP contribution < -0.4 is 5.32 Å². The number of benzene rings is 1. The SMILES string of the molecule is O=C1N[C@@H]2COC[C@H]1CN(S(=O)(=O)Cc1ccccc1)C2. The van der Waals surface area contributed by atoms with Gasteiger partial charge in [-0.2, -0.15) is 4.31 Å².